The summed E-state index contributed by atoms with van der Waals surface area (Å²) in [5.41, 5.74) is 10.6. The van der Waals surface area contributed by atoms with Crippen LogP contribution in [0.2, 0.25) is 0 Å². The predicted octanol–water partition coefficient (Wildman–Crippen LogP) is 2.18. The maximum absolute atomic E-state index is 13.1. The number of rotatable bonds is 7. The Kier molecular flexibility index (Phi) is 5.71. The second-order valence-corrected chi connectivity index (χ2v) is 7.34. The Morgan fingerprint density at radius 2 is 1.97 bits per heavy atom. The summed E-state index contributed by atoms with van der Waals surface area (Å²) in [5, 5.41) is 19.7. The molecule has 0 atom stereocenters. The first-order valence-corrected chi connectivity index (χ1v) is 10.6. The number of aromatic nitrogens is 5. The van der Waals surface area contributed by atoms with Crippen LogP contribution in [0.1, 0.15) is 29.9 Å². The number of carbonyl (C=O) groups excluding carboxylic acids is 1. The number of fused-ring (bicyclic) bond motifs is 1. The SMILES string of the molecule is CCOc1ccc(/C(C)=N/NC(=O)c2nnn(-c3nonc3N)c2-c2ccc3c(c2)OCO3)cc1. The third-order valence-electron chi connectivity index (χ3n) is 5.14. The van der Waals surface area contributed by atoms with E-state index >= 15 is 0 Å². The number of hydrogen-bond acceptors (Lipinski definition) is 11. The van der Waals surface area contributed by atoms with Crippen LogP contribution in [0, 0.1) is 0 Å². The van der Waals surface area contributed by atoms with Gasteiger partial charge in [0.15, 0.2) is 17.2 Å². The number of amides is 1. The Morgan fingerprint density at radius 1 is 1.17 bits per heavy atom. The van der Waals surface area contributed by atoms with Gasteiger partial charge in [-0.2, -0.15) is 9.78 Å². The highest BCUT2D eigenvalue weighted by Gasteiger charge is 2.27. The summed E-state index contributed by atoms with van der Waals surface area (Å²) >= 11 is 0. The van der Waals surface area contributed by atoms with E-state index in [1.54, 1.807) is 25.1 Å². The van der Waals surface area contributed by atoms with E-state index in [2.05, 4.69) is 31.2 Å². The lowest BCUT2D eigenvalue weighted by Crippen LogP contribution is -2.21. The number of carbonyl (C=O) groups is 1. The first-order chi connectivity index (χ1) is 17.0. The van der Waals surface area contributed by atoms with Crippen molar-refractivity contribution in [1.29, 1.82) is 0 Å². The van der Waals surface area contributed by atoms with E-state index in [1.165, 1.54) is 4.68 Å². The number of hydrogen-bond donors (Lipinski definition) is 2. The fourth-order valence-corrected chi connectivity index (χ4v) is 3.43. The third kappa shape index (κ3) is 4.21. The van der Waals surface area contributed by atoms with Crippen molar-refractivity contribution in [2.24, 2.45) is 5.10 Å². The monoisotopic (exact) mass is 476 g/mol. The van der Waals surface area contributed by atoms with Crippen molar-refractivity contribution in [2.75, 3.05) is 19.1 Å². The van der Waals surface area contributed by atoms with Crippen LogP contribution in [0.5, 0.6) is 17.2 Å². The van der Waals surface area contributed by atoms with E-state index < -0.39 is 5.91 Å². The summed E-state index contributed by atoms with van der Waals surface area (Å²) in [7, 11) is 0. The minimum atomic E-state index is -0.593. The molecule has 1 amide bonds. The van der Waals surface area contributed by atoms with E-state index in [9.17, 15) is 4.79 Å². The lowest BCUT2D eigenvalue weighted by atomic mass is 10.1. The Hall–Kier alpha value is -4.94. The van der Waals surface area contributed by atoms with Crippen molar-refractivity contribution >= 4 is 17.4 Å². The molecular weight excluding hydrogens is 456 g/mol. The summed E-state index contributed by atoms with van der Waals surface area (Å²) < 4.78 is 22.3. The van der Waals surface area contributed by atoms with Gasteiger partial charge in [0, 0.05) is 5.56 Å². The molecule has 5 rings (SSSR count). The maximum Gasteiger partial charge on any atom is 0.294 e. The molecule has 13 nitrogen and oxygen atoms in total. The van der Waals surface area contributed by atoms with Crippen LogP contribution in [-0.2, 0) is 0 Å². The smallest absolute Gasteiger partial charge is 0.294 e. The second kappa shape index (κ2) is 9.13. The molecule has 3 heterocycles. The number of ether oxygens (including phenoxy) is 3. The lowest BCUT2D eigenvalue weighted by Gasteiger charge is -2.07. The Balaban J connectivity index is 1.47. The number of nitrogen functional groups attached to an aromatic ring is 1. The Bertz CT molecular complexity index is 1410. The first-order valence-electron chi connectivity index (χ1n) is 10.6. The Morgan fingerprint density at radius 3 is 2.71 bits per heavy atom. The van der Waals surface area contributed by atoms with Gasteiger partial charge in [-0.05, 0) is 72.2 Å². The molecule has 0 radical (unpaired) electrons. The van der Waals surface area contributed by atoms with Crippen LogP contribution in [0.3, 0.4) is 0 Å². The van der Waals surface area contributed by atoms with Gasteiger partial charge < -0.3 is 19.9 Å². The van der Waals surface area contributed by atoms with Crippen molar-refractivity contribution in [2.45, 2.75) is 13.8 Å². The molecule has 0 aliphatic carbocycles. The van der Waals surface area contributed by atoms with Crippen molar-refractivity contribution in [1.82, 2.24) is 30.7 Å². The molecule has 0 saturated heterocycles. The predicted molar refractivity (Wildman–Crippen MR) is 122 cm³/mol. The van der Waals surface area contributed by atoms with E-state index in [4.69, 9.17) is 24.6 Å². The highest BCUT2D eigenvalue weighted by atomic mass is 16.7. The molecule has 13 heteroatoms. The lowest BCUT2D eigenvalue weighted by molar-refractivity contribution is 0.0950. The minimum Gasteiger partial charge on any atom is -0.494 e. The zero-order valence-corrected chi connectivity index (χ0v) is 18.8. The normalized spacial score (nSPS) is 12.6. The van der Waals surface area contributed by atoms with Crippen LogP contribution in [0.25, 0.3) is 17.1 Å². The standard InChI is InChI=1S/C22H20N8O5/c1-3-32-15-7-4-13(5-8-15)12(2)24-26-22(31)18-19(14-6-9-16-17(10-14)34-11-33-16)30(29-25-18)21-20(23)27-35-28-21/h4-10H,3,11H2,1-2H3,(H2,23,27)(H,26,31)/b24-12+. The summed E-state index contributed by atoms with van der Waals surface area (Å²) in [6.45, 7) is 4.36. The van der Waals surface area contributed by atoms with Gasteiger partial charge >= 0.3 is 0 Å². The molecule has 3 N–H and O–H groups in total. The van der Waals surface area contributed by atoms with Gasteiger partial charge in [0.25, 0.3) is 5.91 Å². The molecule has 0 unspecified atom stereocenters. The topological polar surface area (TPSA) is 165 Å². The van der Waals surface area contributed by atoms with Crippen LogP contribution in [0.4, 0.5) is 5.82 Å². The molecule has 0 bridgehead atoms. The average molecular weight is 476 g/mol. The molecule has 1 aliphatic rings. The van der Waals surface area contributed by atoms with Crippen molar-refractivity contribution in [3.05, 3.63) is 53.7 Å². The van der Waals surface area contributed by atoms with Gasteiger partial charge in [0.1, 0.15) is 11.4 Å². The van der Waals surface area contributed by atoms with Crippen LogP contribution >= 0.6 is 0 Å². The number of nitrogens with two attached hydrogens (primary N) is 1. The summed E-state index contributed by atoms with van der Waals surface area (Å²) in [6, 6.07) is 12.5. The van der Waals surface area contributed by atoms with E-state index in [0.29, 0.717) is 29.4 Å². The van der Waals surface area contributed by atoms with Crippen molar-refractivity contribution in [3.8, 4) is 34.3 Å². The second-order valence-electron chi connectivity index (χ2n) is 7.34. The van der Waals surface area contributed by atoms with Crippen LogP contribution < -0.4 is 25.4 Å². The fourth-order valence-electron chi connectivity index (χ4n) is 3.43. The third-order valence-corrected chi connectivity index (χ3v) is 5.14. The average Bonchev–Trinajstić information content (AvgIpc) is 3.61. The molecule has 0 saturated carbocycles. The molecule has 0 spiro atoms. The molecule has 0 fully saturated rings. The molecule has 4 aromatic rings. The van der Waals surface area contributed by atoms with Gasteiger partial charge in [0.05, 0.1) is 12.3 Å². The number of benzene rings is 2. The molecule has 178 valence electrons. The minimum absolute atomic E-state index is 0.0190. The zero-order chi connectivity index (χ0) is 24.4. The number of nitrogens with zero attached hydrogens (tertiary/aromatic N) is 6. The number of hydrazone groups is 1. The molecule has 2 aromatic carbocycles. The molecule has 2 aromatic heterocycles. The van der Waals surface area contributed by atoms with Gasteiger partial charge in [-0.25, -0.2) is 10.1 Å². The van der Waals surface area contributed by atoms with Gasteiger partial charge in [-0.1, -0.05) is 5.21 Å². The molecule has 1 aliphatic heterocycles. The highest BCUT2D eigenvalue weighted by Crippen LogP contribution is 2.37. The molecule has 35 heavy (non-hydrogen) atoms. The number of anilines is 1. The van der Waals surface area contributed by atoms with Crippen molar-refractivity contribution in [3.63, 3.8) is 0 Å². The van der Waals surface area contributed by atoms with Gasteiger partial charge in [-0.15, -0.1) is 5.10 Å². The summed E-state index contributed by atoms with van der Waals surface area (Å²) in [5.74, 6) is 1.31. The summed E-state index contributed by atoms with van der Waals surface area (Å²) in [4.78, 5) is 13.1. The van der Waals surface area contributed by atoms with Gasteiger partial charge in [-0.3, -0.25) is 4.79 Å². The molecular formula is C22H20N8O5. The maximum atomic E-state index is 13.1. The number of nitrogens with one attached hydrogen (secondary N) is 1. The van der Waals surface area contributed by atoms with Crippen LogP contribution in [0.15, 0.2) is 52.2 Å². The van der Waals surface area contributed by atoms with Crippen LogP contribution in [-0.4, -0.2) is 50.3 Å². The fraction of sp³-hybridized carbons (Fsp3) is 0.182. The largest absolute Gasteiger partial charge is 0.494 e. The Labute approximate surface area is 198 Å². The summed E-state index contributed by atoms with van der Waals surface area (Å²) in [6.07, 6.45) is 0. The van der Waals surface area contributed by atoms with Crippen molar-refractivity contribution < 1.29 is 23.6 Å². The quantitative estimate of drug-likeness (QED) is 0.298. The highest BCUT2D eigenvalue weighted by molar-refractivity contribution is 6.02. The first kappa shape index (κ1) is 21.9. The van der Waals surface area contributed by atoms with Gasteiger partial charge in [0.2, 0.25) is 18.4 Å². The van der Waals surface area contributed by atoms with E-state index in [1.807, 2.05) is 31.2 Å². The van der Waals surface area contributed by atoms with E-state index in [0.717, 1.165) is 11.3 Å². The van der Waals surface area contributed by atoms with E-state index in [-0.39, 0.29) is 29.8 Å². The zero-order valence-electron chi connectivity index (χ0n) is 18.8.